The van der Waals surface area contributed by atoms with Crippen molar-refractivity contribution in [3.05, 3.63) is 98.8 Å². The molecule has 0 N–H and O–H groups in total. The first-order valence-corrected chi connectivity index (χ1v) is 51.6. The fourth-order valence-corrected chi connectivity index (χ4v) is 22.9. The molecule has 0 spiro atoms. The van der Waals surface area contributed by atoms with E-state index in [0.717, 1.165) is 110 Å². The molecule has 0 saturated heterocycles. The van der Waals surface area contributed by atoms with E-state index in [1.54, 1.807) is 45.3 Å². The molecule has 2 aromatic carbocycles. The lowest BCUT2D eigenvalue weighted by molar-refractivity contribution is 0.535. The first kappa shape index (κ1) is 94.9. The largest absolute Gasteiger partial charge is 0.236 e. The van der Waals surface area contributed by atoms with Crippen molar-refractivity contribution in [3.8, 4) is 53.9 Å². The van der Waals surface area contributed by atoms with Crippen molar-refractivity contribution in [1.29, 1.82) is 10.5 Å². The lowest BCUT2D eigenvalue weighted by Crippen LogP contribution is -1.91. The number of aromatic nitrogens is 4. The summed E-state index contributed by atoms with van der Waals surface area (Å²) in [6.45, 7) is 25.7. The van der Waals surface area contributed by atoms with Crippen LogP contribution in [0.4, 0.5) is 11.4 Å². The van der Waals surface area contributed by atoms with Gasteiger partial charge in [0.25, 0.3) is 0 Å². The summed E-state index contributed by atoms with van der Waals surface area (Å²) in [6, 6.07) is 13.8. The summed E-state index contributed by atoms with van der Waals surface area (Å²) in [5.41, 5.74) is 12.9. The topological polar surface area (TPSA) is 108 Å². The molecule has 16 heteroatoms. The van der Waals surface area contributed by atoms with Gasteiger partial charge >= 0.3 is 0 Å². The minimum absolute atomic E-state index is 0.391. The van der Waals surface area contributed by atoms with Crippen LogP contribution >= 0.6 is 101 Å². The summed E-state index contributed by atoms with van der Waals surface area (Å²) in [6.07, 6.45) is 80.4. The van der Waals surface area contributed by atoms with Gasteiger partial charge in [0.05, 0.1) is 67.4 Å². The summed E-state index contributed by atoms with van der Waals surface area (Å²) in [5.74, 6) is 0. The van der Waals surface area contributed by atoms with E-state index in [1.165, 1.54) is 392 Å². The third kappa shape index (κ3) is 33.7. The van der Waals surface area contributed by atoms with E-state index in [9.17, 15) is 10.5 Å². The maximum atomic E-state index is 10.6. The maximum absolute atomic E-state index is 10.6. The first-order chi connectivity index (χ1) is 55.2. The van der Waals surface area contributed by atoms with Crippen molar-refractivity contribution in [3.63, 3.8) is 0 Å². The van der Waals surface area contributed by atoms with Gasteiger partial charge in [0.1, 0.15) is 22.1 Å². The van der Waals surface area contributed by atoms with Gasteiger partial charge in [-0.1, -0.05) is 362 Å². The molecule has 0 aliphatic carbocycles. The van der Waals surface area contributed by atoms with Crippen LogP contribution in [-0.2, 0) is 25.7 Å². The van der Waals surface area contributed by atoms with E-state index >= 15 is 0 Å². The zero-order valence-electron chi connectivity index (χ0n) is 69.7. The Morgan fingerprint density at radius 3 is 0.795 bits per heavy atom. The molecule has 0 aliphatic heterocycles. The molecule has 8 rings (SSSR count). The van der Waals surface area contributed by atoms with Crippen LogP contribution in [0.15, 0.2) is 42.6 Å². The number of thiophene rings is 4. The third-order valence-corrected chi connectivity index (χ3v) is 29.9. The summed E-state index contributed by atoms with van der Waals surface area (Å²) >= 11 is 16.7. The molecule has 0 unspecified atom stereocenters. The van der Waals surface area contributed by atoms with Crippen LogP contribution in [0.3, 0.4) is 0 Å². The smallest absolute Gasteiger partial charge is 0.216 e. The molecular formula is C96H138Br2N8S6. The predicted molar refractivity (Wildman–Crippen MR) is 502 cm³/mol. The van der Waals surface area contributed by atoms with Gasteiger partial charge in [-0.3, -0.25) is 0 Å². The highest BCUT2D eigenvalue weighted by Gasteiger charge is 2.29. The van der Waals surface area contributed by atoms with Crippen LogP contribution < -0.4 is 0 Å². The van der Waals surface area contributed by atoms with Crippen LogP contribution in [-0.4, -0.2) is 17.5 Å². The number of halogens is 2. The molecule has 0 bridgehead atoms. The fraction of sp³-hybridized carbons (Fsp3) is 0.667. The minimum atomic E-state index is 0.391. The van der Waals surface area contributed by atoms with Gasteiger partial charge in [-0.05, 0) is 141 Å². The Balaban J connectivity index is 0.000000311. The molecule has 612 valence electrons. The van der Waals surface area contributed by atoms with Crippen LogP contribution in [0.1, 0.15) is 421 Å². The Bertz CT molecular complexity index is 3770. The number of hydrogen-bond donors (Lipinski definition) is 0. The second-order valence-electron chi connectivity index (χ2n) is 32.2. The Morgan fingerprint density at radius 2 is 0.527 bits per heavy atom. The Labute approximate surface area is 721 Å². The molecule has 0 fully saturated rings. The lowest BCUT2D eigenvalue weighted by Gasteiger charge is -2.10. The van der Waals surface area contributed by atoms with Crippen molar-refractivity contribution in [2.24, 2.45) is 0 Å². The second kappa shape index (κ2) is 59.5. The van der Waals surface area contributed by atoms with Crippen molar-refractivity contribution in [2.45, 2.75) is 413 Å². The van der Waals surface area contributed by atoms with E-state index in [2.05, 4.69) is 116 Å². The molecule has 8 nitrogen and oxygen atoms in total. The first-order valence-electron chi connectivity index (χ1n) is 45.2. The number of fused-ring (bicyclic) bond motifs is 2. The van der Waals surface area contributed by atoms with Crippen molar-refractivity contribution in [1.82, 2.24) is 17.5 Å². The predicted octanol–water partition coefficient (Wildman–Crippen LogP) is 36.8. The minimum Gasteiger partial charge on any atom is -0.236 e. The third-order valence-electron chi connectivity index (χ3n) is 22.9. The number of rotatable bonds is 64. The van der Waals surface area contributed by atoms with Gasteiger partial charge in [-0.25, -0.2) is 9.69 Å². The van der Waals surface area contributed by atoms with E-state index in [0.29, 0.717) is 22.5 Å². The van der Waals surface area contributed by atoms with Gasteiger partial charge in [-0.15, -0.1) is 45.3 Å². The maximum Gasteiger partial charge on any atom is 0.216 e. The molecule has 0 radical (unpaired) electrons. The molecular weight excluding hydrogens is 1620 g/mol. The van der Waals surface area contributed by atoms with Crippen molar-refractivity contribution in [2.75, 3.05) is 0 Å². The quantitative estimate of drug-likeness (QED) is 0.0278. The van der Waals surface area contributed by atoms with Gasteiger partial charge < -0.3 is 0 Å². The Kier molecular flexibility index (Phi) is 50.4. The van der Waals surface area contributed by atoms with Crippen LogP contribution in [0.5, 0.6) is 0 Å². The van der Waals surface area contributed by atoms with E-state index in [-0.39, 0.29) is 0 Å². The number of benzene rings is 2. The number of nitriles is 2. The van der Waals surface area contributed by atoms with Gasteiger partial charge in [-0.2, -0.15) is 28.0 Å². The standard InChI is InChI=1S/C48H68Br2N4S3.C48H70N4S3/c1-4-6-8-10-12-14-16-18-20-22-24-26-28-30-32-37-34-40(55-47(37)49)42-39(36-51)44(52-3)43(46-45(42)53-57-54-46)41-35-38(48(50)56-41)33-31-29-27-25-23-21-19-17-15-13-11-9-7-5-2;1-4-6-8-10-12-14-16-18-20-22-24-26-28-30-32-39-34-42(53-37-39)44-41(36-49)46(50-3)45(48-47(44)51-55-52-48)43-35-40(38-54-43)33-31-29-27-25-23-21-19-17-15-13-11-9-7-5-2/h34-35H,4-33H2,1-2H3;34-35,37-38H,4-33H2,1-2H3. The van der Waals surface area contributed by atoms with Crippen LogP contribution in [0.2, 0.25) is 0 Å². The molecule has 0 amide bonds. The average Bonchev–Trinajstić information content (AvgIpc) is 1.54. The highest BCUT2D eigenvalue weighted by Crippen LogP contribution is 2.52. The summed E-state index contributed by atoms with van der Waals surface area (Å²) < 4.78 is 21.2. The van der Waals surface area contributed by atoms with Crippen molar-refractivity contribution < 1.29 is 0 Å². The monoisotopic (exact) mass is 1750 g/mol. The highest BCUT2D eigenvalue weighted by molar-refractivity contribution is 9.11. The normalized spacial score (nSPS) is 11.4. The number of nitrogens with zero attached hydrogens (tertiary/aromatic N) is 8. The molecule has 6 aromatic heterocycles. The van der Waals surface area contributed by atoms with E-state index < -0.39 is 0 Å². The lowest BCUT2D eigenvalue weighted by atomic mass is 9.96. The number of unbranched alkanes of at least 4 members (excludes halogenated alkanes) is 52. The van der Waals surface area contributed by atoms with E-state index in [1.807, 2.05) is 0 Å². The van der Waals surface area contributed by atoms with Gasteiger partial charge in [0.15, 0.2) is 0 Å². The molecule has 0 saturated carbocycles. The number of hydrogen-bond acceptors (Lipinski definition) is 12. The second-order valence-corrected chi connectivity index (χ2v) is 39.8. The number of aryl methyl sites for hydroxylation is 4. The molecule has 0 aliphatic rings. The van der Waals surface area contributed by atoms with Crippen LogP contribution in [0, 0.1) is 35.8 Å². The van der Waals surface area contributed by atoms with Gasteiger partial charge in [0.2, 0.25) is 11.4 Å². The zero-order valence-corrected chi connectivity index (χ0v) is 77.7. The molecule has 8 aromatic rings. The van der Waals surface area contributed by atoms with Crippen LogP contribution in [0.25, 0.3) is 73.5 Å². The molecule has 6 heterocycles. The SMILES string of the molecule is [C-]#[N+]c1c(C#N)c(-c2cc(CCCCCCCCCCCCCCCC)c(Br)s2)c2nsnc2c1-c1cc(CCCCCCCCCCCCCCCC)c(Br)s1.[C-]#[N+]c1c(C#N)c(-c2cc(CCCCCCCCCCCCCCCC)cs2)c2nsnc2c1-c1cc(CCCCCCCCCCCCCCCC)cs1. The molecule has 112 heavy (non-hydrogen) atoms. The zero-order chi connectivity index (χ0) is 79.3. The molecule has 0 atom stereocenters. The Morgan fingerprint density at radius 1 is 0.304 bits per heavy atom. The van der Waals surface area contributed by atoms with E-state index in [4.69, 9.17) is 30.6 Å². The highest BCUT2D eigenvalue weighted by atomic mass is 79.9. The average molecular weight is 1760 g/mol. The van der Waals surface area contributed by atoms with Crippen molar-refractivity contribution >= 4 is 134 Å². The van der Waals surface area contributed by atoms with Gasteiger partial charge in [0, 0.05) is 41.8 Å². The summed E-state index contributed by atoms with van der Waals surface area (Å²) in [5, 5.41) is 25.5. The Hall–Kier alpha value is -4.20. The summed E-state index contributed by atoms with van der Waals surface area (Å²) in [4.78, 5) is 12.0. The fourth-order valence-electron chi connectivity index (χ4n) is 16.1. The summed E-state index contributed by atoms with van der Waals surface area (Å²) in [7, 11) is 0.